The van der Waals surface area contributed by atoms with Gasteiger partial charge in [-0.2, -0.15) is 0 Å². The van der Waals surface area contributed by atoms with Crippen LogP contribution in [0.4, 0.5) is 5.69 Å². The average molecular weight is 396 g/mol. The molecule has 0 spiro atoms. The lowest BCUT2D eigenvalue weighted by atomic mass is 9.95. The van der Waals surface area contributed by atoms with Gasteiger partial charge < -0.3 is 20.7 Å². The molecule has 3 N–H and O–H groups in total. The van der Waals surface area contributed by atoms with Crippen molar-refractivity contribution < 1.29 is 9.53 Å². The van der Waals surface area contributed by atoms with E-state index in [1.165, 1.54) is 0 Å². The summed E-state index contributed by atoms with van der Waals surface area (Å²) in [5.74, 6) is 1.10. The van der Waals surface area contributed by atoms with Crippen molar-refractivity contribution in [1.82, 2.24) is 10.6 Å². The summed E-state index contributed by atoms with van der Waals surface area (Å²) in [5.41, 5.74) is 3.03. The molecule has 0 saturated heterocycles. The second-order valence-corrected chi connectivity index (χ2v) is 7.57. The number of carbonyl (C=O) groups is 1. The fourth-order valence-electron chi connectivity index (χ4n) is 2.98. The summed E-state index contributed by atoms with van der Waals surface area (Å²) in [5, 5.41) is 9.72. The highest BCUT2D eigenvalue weighted by atomic mass is 32.1. The van der Waals surface area contributed by atoms with Gasteiger partial charge in [-0.1, -0.05) is 44.2 Å². The zero-order valence-electron chi connectivity index (χ0n) is 16.3. The van der Waals surface area contributed by atoms with Crippen molar-refractivity contribution in [1.29, 1.82) is 0 Å². The number of amides is 1. The Morgan fingerprint density at radius 1 is 1.14 bits per heavy atom. The van der Waals surface area contributed by atoms with E-state index in [1.54, 1.807) is 0 Å². The number of allylic oxidation sites excluding steroid dienone is 1. The van der Waals surface area contributed by atoms with Gasteiger partial charge in [-0.15, -0.1) is 0 Å². The van der Waals surface area contributed by atoms with E-state index in [4.69, 9.17) is 17.0 Å². The first-order valence-electron chi connectivity index (χ1n) is 9.31. The molecule has 1 aliphatic heterocycles. The first kappa shape index (κ1) is 19.9. The van der Waals surface area contributed by atoms with Crippen LogP contribution in [-0.2, 0) is 4.79 Å². The molecule has 0 bridgehead atoms. The Morgan fingerprint density at radius 2 is 1.82 bits per heavy atom. The first-order valence-corrected chi connectivity index (χ1v) is 9.72. The molecule has 0 aromatic heterocycles. The van der Waals surface area contributed by atoms with Crippen LogP contribution in [0.1, 0.15) is 32.4 Å². The van der Waals surface area contributed by atoms with Crippen molar-refractivity contribution in [3.8, 4) is 5.75 Å². The molecule has 2 aromatic rings. The standard InChI is InChI=1S/C22H25N3O2S/c1-14(2)13-27-18-11-9-16(10-12-18)20-19(15(3)23-22(28)25-20)21(26)24-17-7-5-4-6-8-17/h4-12,14,20H,13H2,1-3H3,(H,24,26)(H2,23,25,28)/t20-/m0/s1. The Morgan fingerprint density at radius 3 is 2.46 bits per heavy atom. The first-order chi connectivity index (χ1) is 13.4. The third-order valence-electron chi connectivity index (χ3n) is 4.34. The summed E-state index contributed by atoms with van der Waals surface area (Å²) in [6, 6.07) is 16.8. The molecule has 0 radical (unpaired) electrons. The molecule has 5 nitrogen and oxygen atoms in total. The lowest BCUT2D eigenvalue weighted by Crippen LogP contribution is -2.45. The lowest BCUT2D eigenvalue weighted by molar-refractivity contribution is -0.113. The number of para-hydroxylation sites is 1. The predicted octanol–water partition coefficient (Wildman–Crippen LogP) is 4.15. The van der Waals surface area contributed by atoms with Gasteiger partial charge in [-0.05, 0) is 54.9 Å². The van der Waals surface area contributed by atoms with Gasteiger partial charge in [-0.25, -0.2) is 0 Å². The van der Waals surface area contributed by atoms with E-state index in [0.717, 1.165) is 22.7 Å². The average Bonchev–Trinajstić information content (AvgIpc) is 2.66. The van der Waals surface area contributed by atoms with Crippen LogP contribution in [0.25, 0.3) is 0 Å². The Balaban J connectivity index is 1.84. The number of rotatable bonds is 6. The summed E-state index contributed by atoms with van der Waals surface area (Å²) in [6.07, 6.45) is 0. The van der Waals surface area contributed by atoms with E-state index in [1.807, 2.05) is 61.5 Å². The Hall–Kier alpha value is -2.86. The fraction of sp³-hybridized carbons (Fsp3) is 0.273. The minimum Gasteiger partial charge on any atom is -0.493 e. The van der Waals surface area contributed by atoms with Crippen LogP contribution < -0.4 is 20.7 Å². The molecular formula is C22H25N3O2S. The van der Waals surface area contributed by atoms with E-state index in [2.05, 4.69) is 29.8 Å². The van der Waals surface area contributed by atoms with Crippen LogP contribution >= 0.6 is 12.2 Å². The van der Waals surface area contributed by atoms with Gasteiger partial charge in [0.2, 0.25) is 0 Å². The molecule has 0 aliphatic carbocycles. The summed E-state index contributed by atoms with van der Waals surface area (Å²) >= 11 is 5.31. The highest BCUT2D eigenvalue weighted by Gasteiger charge is 2.29. The van der Waals surface area contributed by atoms with Crippen molar-refractivity contribution in [3.63, 3.8) is 0 Å². The molecule has 3 rings (SSSR count). The SMILES string of the molecule is CC1=C(C(=O)Nc2ccccc2)[C@H](c2ccc(OCC(C)C)cc2)NC(=S)N1. The van der Waals surface area contributed by atoms with Crippen molar-refractivity contribution in [2.75, 3.05) is 11.9 Å². The van der Waals surface area contributed by atoms with Crippen molar-refractivity contribution >= 4 is 28.9 Å². The zero-order valence-corrected chi connectivity index (χ0v) is 17.1. The second-order valence-electron chi connectivity index (χ2n) is 7.16. The minimum atomic E-state index is -0.336. The van der Waals surface area contributed by atoms with Gasteiger partial charge in [0, 0.05) is 11.4 Å². The van der Waals surface area contributed by atoms with Gasteiger partial charge >= 0.3 is 0 Å². The van der Waals surface area contributed by atoms with Crippen molar-refractivity contribution in [2.24, 2.45) is 5.92 Å². The third-order valence-corrected chi connectivity index (χ3v) is 4.56. The predicted molar refractivity (Wildman–Crippen MR) is 116 cm³/mol. The second kappa shape index (κ2) is 8.89. The molecule has 28 heavy (non-hydrogen) atoms. The Labute approximate surface area is 171 Å². The summed E-state index contributed by atoms with van der Waals surface area (Å²) < 4.78 is 5.76. The number of thiocarbonyl (C=S) groups is 1. The van der Waals surface area contributed by atoms with E-state index in [-0.39, 0.29) is 11.9 Å². The fourth-order valence-corrected chi connectivity index (χ4v) is 3.26. The quantitative estimate of drug-likeness (QED) is 0.642. The molecule has 1 aliphatic rings. The molecule has 1 atom stereocenters. The summed E-state index contributed by atoms with van der Waals surface area (Å²) in [4.78, 5) is 13.0. The Bertz CT molecular complexity index is 876. The molecular weight excluding hydrogens is 370 g/mol. The molecule has 0 saturated carbocycles. The number of anilines is 1. The summed E-state index contributed by atoms with van der Waals surface area (Å²) in [6.45, 7) is 6.75. The van der Waals surface area contributed by atoms with Gasteiger partial charge in [0.05, 0.1) is 18.2 Å². The number of nitrogens with one attached hydrogen (secondary N) is 3. The maximum absolute atomic E-state index is 13.0. The zero-order chi connectivity index (χ0) is 20.1. The Kier molecular flexibility index (Phi) is 6.31. The van der Waals surface area contributed by atoms with Crippen LogP contribution in [0, 0.1) is 5.92 Å². The minimum absolute atomic E-state index is 0.170. The molecule has 2 aromatic carbocycles. The molecule has 146 valence electrons. The van der Waals surface area contributed by atoms with Crippen LogP contribution in [0.15, 0.2) is 65.9 Å². The van der Waals surface area contributed by atoms with E-state index in [9.17, 15) is 4.79 Å². The highest BCUT2D eigenvalue weighted by Crippen LogP contribution is 2.29. The molecule has 1 heterocycles. The molecule has 1 amide bonds. The van der Waals surface area contributed by atoms with E-state index in [0.29, 0.717) is 23.2 Å². The van der Waals surface area contributed by atoms with Crippen molar-refractivity contribution in [3.05, 3.63) is 71.4 Å². The number of hydrogen-bond acceptors (Lipinski definition) is 3. The number of carbonyl (C=O) groups excluding carboxylic acids is 1. The normalized spacial score (nSPS) is 16.4. The number of benzene rings is 2. The van der Waals surface area contributed by atoms with E-state index >= 15 is 0 Å². The van der Waals surface area contributed by atoms with Crippen LogP contribution in [0.5, 0.6) is 5.75 Å². The maximum Gasteiger partial charge on any atom is 0.255 e. The monoisotopic (exact) mass is 395 g/mol. The van der Waals surface area contributed by atoms with Gasteiger partial charge in [-0.3, -0.25) is 4.79 Å². The van der Waals surface area contributed by atoms with E-state index < -0.39 is 0 Å². The lowest BCUT2D eigenvalue weighted by Gasteiger charge is -2.30. The molecule has 0 unspecified atom stereocenters. The van der Waals surface area contributed by atoms with Crippen LogP contribution in [0.3, 0.4) is 0 Å². The van der Waals surface area contributed by atoms with Gasteiger partial charge in [0.25, 0.3) is 5.91 Å². The third kappa shape index (κ3) is 4.89. The van der Waals surface area contributed by atoms with Gasteiger partial charge in [0.15, 0.2) is 5.11 Å². The smallest absolute Gasteiger partial charge is 0.255 e. The van der Waals surface area contributed by atoms with Gasteiger partial charge in [0.1, 0.15) is 5.75 Å². The van der Waals surface area contributed by atoms with Crippen LogP contribution in [-0.4, -0.2) is 17.6 Å². The maximum atomic E-state index is 13.0. The number of ether oxygens (including phenoxy) is 1. The topological polar surface area (TPSA) is 62.4 Å². The van der Waals surface area contributed by atoms with Crippen LogP contribution in [0.2, 0.25) is 0 Å². The molecule has 0 fully saturated rings. The molecule has 6 heteroatoms. The largest absolute Gasteiger partial charge is 0.493 e. The number of hydrogen-bond donors (Lipinski definition) is 3. The highest BCUT2D eigenvalue weighted by molar-refractivity contribution is 7.80. The summed E-state index contributed by atoms with van der Waals surface area (Å²) in [7, 11) is 0. The van der Waals surface area contributed by atoms with Crippen molar-refractivity contribution in [2.45, 2.75) is 26.8 Å².